The Hall–Kier alpha value is -3.11. The Kier molecular flexibility index (Phi) is 4.65. The summed E-state index contributed by atoms with van der Waals surface area (Å²) in [7, 11) is -3.35. The number of hydrogen-bond donors (Lipinski definition) is 4. The van der Waals surface area contributed by atoms with E-state index in [1.807, 2.05) is 13.1 Å². The molecule has 1 aromatic carbocycles. The number of fused-ring (bicyclic) bond motifs is 1. The number of hydrazine groups is 2. The third kappa shape index (κ3) is 3.78. The van der Waals surface area contributed by atoms with Crippen molar-refractivity contribution in [1.29, 1.82) is 0 Å². The number of benzene rings is 1. The predicted octanol–water partition coefficient (Wildman–Crippen LogP) is 1.49. The molecule has 0 aliphatic carbocycles. The summed E-state index contributed by atoms with van der Waals surface area (Å²) in [5.41, 5.74) is 18.3. The van der Waals surface area contributed by atoms with Crippen molar-refractivity contribution in [2.45, 2.75) is 24.8 Å². The van der Waals surface area contributed by atoms with Gasteiger partial charge in [0.05, 0.1) is 29.1 Å². The van der Waals surface area contributed by atoms with Crippen molar-refractivity contribution in [2.24, 2.45) is 0 Å². The minimum Gasteiger partial charge on any atom is -0.384 e. The summed E-state index contributed by atoms with van der Waals surface area (Å²) in [6.45, 7) is 2.21. The van der Waals surface area contributed by atoms with Gasteiger partial charge in [0.2, 0.25) is 0 Å². The summed E-state index contributed by atoms with van der Waals surface area (Å²) in [5, 5.41) is 4.29. The smallest absolute Gasteiger partial charge is 0.180 e. The Labute approximate surface area is 162 Å². The molecule has 0 spiro atoms. The van der Waals surface area contributed by atoms with Gasteiger partial charge in [0.1, 0.15) is 5.82 Å². The van der Waals surface area contributed by atoms with Gasteiger partial charge in [-0.25, -0.2) is 13.4 Å². The van der Waals surface area contributed by atoms with Gasteiger partial charge in [0.15, 0.2) is 15.7 Å². The normalized spacial score (nSPS) is 13.0. The molecule has 0 atom stereocenters. The van der Waals surface area contributed by atoms with Crippen LogP contribution < -0.4 is 22.1 Å². The van der Waals surface area contributed by atoms with Crippen molar-refractivity contribution >= 4 is 27.2 Å². The fourth-order valence-corrected chi connectivity index (χ4v) is 4.27. The van der Waals surface area contributed by atoms with Crippen LogP contribution in [-0.4, -0.2) is 28.9 Å². The summed E-state index contributed by atoms with van der Waals surface area (Å²) in [4.78, 5) is 4.54. The second-order valence-electron chi connectivity index (χ2n) is 6.73. The second-order valence-corrected chi connectivity index (χ2v) is 8.83. The topological polar surface area (TPSA) is 127 Å². The van der Waals surface area contributed by atoms with Gasteiger partial charge in [-0.1, -0.05) is 17.7 Å². The molecule has 0 saturated heterocycles. The van der Waals surface area contributed by atoms with Crippen molar-refractivity contribution < 1.29 is 8.42 Å². The molecule has 1 aliphatic heterocycles. The van der Waals surface area contributed by atoms with Gasteiger partial charge < -0.3 is 11.2 Å². The van der Waals surface area contributed by atoms with Crippen LogP contribution in [0, 0.1) is 6.92 Å². The number of nitrogens with zero attached hydrogens (tertiary/aromatic N) is 3. The zero-order chi connectivity index (χ0) is 19.7. The molecule has 3 heterocycles. The lowest BCUT2D eigenvalue weighted by Crippen LogP contribution is -2.19. The van der Waals surface area contributed by atoms with Crippen LogP contribution in [0.3, 0.4) is 0 Å². The maximum Gasteiger partial charge on any atom is 0.180 e. The number of aromatic nitrogens is 3. The highest BCUT2D eigenvalue weighted by atomic mass is 32.2. The third-order valence-electron chi connectivity index (χ3n) is 4.54. The van der Waals surface area contributed by atoms with Crippen molar-refractivity contribution in [2.75, 3.05) is 22.3 Å². The highest BCUT2D eigenvalue weighted by Crippen LogP contribution is 2.29. The summed E-state index contributed by atoms with van der Waals surface area (Å²) >= 11 is 0. The average Bonchev–Trinajstić information content (AvgIpc) is 3.29. The molecule has 4 rings (SSSR count). The van der Waals surface area contributed by atoms with E-state index in [4.69, 9.17) is 5.73 Å². The van der Waals surface area contributed by atoms with E-state index in [-0.39, 0.29) is 12.3 Å². The van der Waals surface area contributed by atoms with Gasteiger partial charge in [-0.05, 0) is 36.2 Å². The number of hydrogen-bond acceptors (Lipinski definition) is 8. The maximum atomic E-state index is 12.5. The van der Waals surface area contributed by atoms with Crippen LogP contribution in [0.15, 0.2) is 47.6 Å². The molecule has 0 bridgehead atoms. The first-order valence-corrected chi connectivity index (χ1v) is 10.4. The molecular weight excluding hydrogens is 378 g/mol. The second kappa shape index (κ2) is 7.13. The Bertz CT molecular complexity index is 1110. The first-order chi connectivity index (χ1) is 13.4. The van der Waals surface area contributed by atoms with Gasteiger partial charge in [0.25, 0.3) is 0 Å². The number of pyridine rings is 1. The zero-order valence-electron chi connectivity index (χ0n) is 15.3. The lowest BCUT2D eigenvalue weighted by Gasteiger charge is -2.07. The monoisotopic (exact) mass is 399 g/mol. The summed E-state index contributed by atoms with van der Waals surface area (Å²) < 4.78 is 26.6. The van der Waals surface area contributed by atoms with E-state index < -0.39 is 9.84 Å². The first kappa shape index (κ1) is 18.3. The van der Waals surface area contributed by atoms with Gasteiger partial charge in [0, 0.05) is 12.6 Å². The Balaban J connectivity index is 1.45. The van der Waals surface area contributed by atoms with Crippen LogP contribution >= 0.6 is 0 Å². The molecule has 5 N–H and O–H groups in total. The SMILES string of the molecule is Cc1ccc(S(=O)(=O)CCn2cc(Cc3cc(N)nc4c3NNN4)cn2)cc1. The quantitative estimate of drug-likeness (QED) is 0.491. The van der Waals surface area contributed by atoms with E-state index in [1.165, 1.54) is 0 Å². The van der Waals surface area contributed by atoms with Crippen LogP contribution in [0.2, 0.25) is 0 Å². The van der Waals surface area contributed by atoms with Gasteiger partial charge in [-0.3, -0.25) is 10.1 Å². The number of nitrogens with one attached hydrogen (secondary N) is 3. The molecule has 0 fully saturated rings. The largest absolute Gasteiger partial charge is 0.384 e. The predicted molar refractivity (Wildman–Crippen MR) is 107 cm³/mol. The zero-order valence-corrected chi connectivity index (χ0v) is 16.1. The number of aryl methyl sites for hydroxylation is 2. The number of anilines is 3. The van der Waals surface area contributed by atoms with Gasteiger partial charge in [-0.2, -0.15) is 5.10 Å². The van der Waals surface area contributed by atoms with Gasteiger partial charge in [-0.15, -0.1) is 5.53 Å². The molecule has 28 heavy (non-hydrogen) atoms. The number of rotatable bonds is 6. The molecule has 3 aromatic rings. The number of nitrogens with two attached hydrogens (primary N) is 1. The molecule has 10 heteroatoms. The summed E-state index contributed by atoms with van der Waals surface area (Å²) in [5.74, 6) is 1.05. The minimum absolute atomic E-state index is 0.00974. The Morgan fingerprint density at radius 2 is 1.96 bits per heavy atom. The molecular formula is C18H21N7O2S. The molecule has 0 amide bonds. The van der Waals surface area contributed by atoms with Crippen LogP contribution in [0.4, 0.5) is 17.3 Å². The molecule has 0 unspecified atom stereocenters. The fraction of sp³-hybridized carbons (Fsp3) is 0.222. The van der Waals surface area contributed by atoms with E-state index in [0.717, 1.165) is 22.4 Å². The van der Waals surface area contributed by atoms with Crippen LogP contribution in [0.5, 0.6) is 0 Å². The van der Waals surface area contributed by atoms with Crippen LogP contribution in [-0.2, 0) is 22.8 Å². The number of sulfone groups is 1. The maximum absolute atomic E-state index is 12.5. The van der Waals surface area contributed by atoms with E-state index in [0.29, 0.717) is 23.0 Å². The molecule has 0 saturated carbocycles. The van der Waals surface area contributed by atoms with Crippen LogP contribution in [0.25, 0.3) is 0 Å². The third-order valence-corrected chi connectivity index (χ3v) is 6.25. The summed E-state index contributed by atoms with van der Waals surface area (Å²) in [6.07, 6.45) is 4.18. The molecule has 1 aliphatic rings. The van der Waals surface area contributed by atoms with Crippen LogP contribution in [0.1, 0.15) is 16.7 Å². The van der Waals surface area contributed by atoms with Crippen molar-refractivity contribution in [1.82, 2.24) is 20.3 Å². The highest BCUT2D eigenvalue weighted by molar-refractivity contribution is 7.91. The fourth-order valence-electron chi connectivity index (χ4n) is 3.06. The Morgan fingerprint density at radius 3 is 2.75 bits per heavy atom. The summed E-state index contributed by atoms with van der Waals surface area (Å²) in [6, 6.07) is 8.69. The lowest BCUT2D eigenvalue weighted by atomic mass is 10.1. The highest BCUT2D eigenvalue weighted by Gasteiger charge is 2.18. The lowest BCUT2D eigenvalue weighted by molar-refractivity contribution is 0.580. The standard InChI is InChI=1S/C18H21N7O2S/c1-12-2-4-15(5-3-12)28(26,27)7-6-25-11-13(10-20-25)8-14-9-16(19)21-18-17(14)22-24-23-18/h2-5,9-11,22,24H,6-8H2,1H3,(H3,19,21,23). The first-order valence-electron chi connectivity index (χ1n) is 8.78. The molecule has 2 aromatic heterocycles. The van der Waals surface area contributed by atoms with Crippen molar-refractivity contribution in [3.05, 3.63) is 59.4 Å². The van der Waals surface area contributed by atoms with Crippen molar-refractivity contribution in [3.63, 3.8) is 0 Å². The Morgan fingerprint density at radius 1 is 1.18 bits per heavy atom. The van der Waals surface area contributed by atoms with E-state index in [1.54, 1.807) is 41.2 Å². The minimum atomic E-state index is -3.35. The van der Waals surface area contributed by atoms with E-state index in [9.17, 15) is 8.42 Å². The van der Waals surface area contributed by atoms with Crippen molar-refractivity contribution in [3.8, 4) is 0 Å². The molecule has 9 nitrogen and oxygen atoms in total. The molecule has 146 valence electrons. The average molecular weight is 399 g/mol. The van der Waals surface area contributed by atoms with E-state index >= 15 is 0 Å². The number of nitrogen functional groups attached to an aromatic ring is 1. The molecule has 0 radical (unpaired) electrons. The van der Waals surface area contributed by atoms with E-state index in [2.05, 4.69) is 26.5 Å². The van der Waals surface area contributed by atoms with Gasteiger partial charge >= 0.3 is 0 Å².